The number of carbonyl (C=O) groups is 3. The lowest BCUT2D eigenvalue weighted by Gasteiger charge is -2.16. The van der Waals surface area contributed by atoms with Gasteiger partial charge in [-0.25, -0.2) is 0 Å². The highest BCUT2D eigenvalue weighted by Gasteiger charge is 2.36. The third-order valence-corrected chi connectivity index (χ3v) is 4.39. The third kappa shape index (κ3) is 3.51. The molecule has 0 fully saturated rings. The first-order valence-corrected chi connectivity index (χ1v) is 8.39. The number of benzene rings is 2. The normalized spacial score (nSPS) is 12.7. The van der Waals surface area contributed by atoms with E-state index in [1.165, 1.54) is 31.4 Å². The zero-order valence-electron chi connectivity index (χ0n) is 13.9. The lowest BCUT2D eigenvalue weighted by molar-refractivity contribution is -0.385. The van der Waals surface area contributed by atoms with E-state index in [4.69, 9.17) is 4.74 Å². The molecule has 1 N–H and O–H groups in total. The summed E-state index contributed by atoms with van der Waals surface area (Å²) < 4.78 is 5.59. The maximum absolute atomic E-state index is 12.3. The molecule has 0 bridgehead atoms. The van der Waals surface area contributed by atoms with E-state index in [-0.39, 0.29) is 29.2 Å². The van der Waals surface area contributed by atoms with Gasteiger partial charge in [-0.15, -0.1) is 0 Å². The summed E-state index contributed by atoms with van der Waals surface area (Å²) in [7, 11) is 1.28. The summed E-state index contributed by atoms with van der Waals surface area (Å²) in [5.41, 5.74) is 0.593. The number of carbonyl (C=O) groups excluding carboxylic acids is 3. The van der Waals surface area contributed by atoms with Gasteiger partial charge in [-0.2, -0.15) is 0 Å². The number of ketones is 1. The van der Waals surface area contributed by atoms with E-state index < -0.39 is 22.5 Å². The third-order valence-electron chi connectivity index (χ3n) is 3.90. The first kappa shape index (κ1) is 18.5. The summed E-state index contributed by atoms with van der Waals surface area (Å²) in [6.45, 7) is -0.376. The number of amides is 2. The summed E-state index contributed by atoms with van der Waals surface area (Å²) in [6.07, 6.45) is 0. The Morgan fingerprint density at radius 3 is 2.67 bits per heavy atom. The van der Waals surface area contributed by atoms with E-state index in [1.807, 2.05) is 0 Å². The van der Waals surface area contributed by atoms with Crippen LogP contribution >= 0.6 is 15.9 Å². The number of Topliss-reactive ketones (excluding diaryl/α,β-unsaturated/α-hetero) is 1. The van der Waals surface area contributed by atoms with Crippen LogP contribution in [0.3, 0.4) is 0 Å². The van der Waals surface area contributed by atoms with Crippen molar-refractivity contribution in [2.45, 2.75) is 0 Å². The molecule has 0 aliphatic carbocycles. The minimum atomic E-state index is -0.792. The lowest BCUT2D eigenvalue weighted by atomic mass is 10.1. The van der Waals surface area contributed by atoms with Gasteiger partial charge in [-0.3, -0.25) is 29.4 Å². The Kier molecular flexibility index (Phi) is 4.91. The zero-order valence-corrected chi connectivity index (χ0v) is 15.5. The van der Waals surface area contributed by atoms with E-state index in [1.54, 1.807) is 12.1 Å². The van der Waals surface area contributed by atoms with Crippen molar-refractivity contribution in [2.75, 3.05) is 23.9 Å². The predicted molar refractivity (Wildman–Crippen MR) is 99.1 cm³/mol. The summed E-state index contributed by atoms with van der Waals surface area (Å²) in [6, 6.07) is 8.61. The van der Waals surface area contributed by atoms with Gasteiger partial charge in [-0.05, 0) is 24.3 Å². The molecule has 0 spiro atoms. The number of halogens is 1. The number of nitrogens with zero attached hydrogens (tertiary/aromatic N) is 2. The van der Waals surface area contributed by atoms with Gasteiger partial charge < -0.3 is 10.1 Å². The molecule has 0 radical (unpaired) electrons. The fraction of sp³-hybridized carbons (Fsp3) is 0.118. The van der Waals surface area contributed by atoms with Crippen LogP contribution in [0.15, 0.2) is 40.9 Å². The second-order valence-corrected chi connectivity index (χ2v) is 6.49. The van der Waals surface area contributed by atoms with Gasteiger partial charge in [0.05, 0.1) is 23.3 Å². The Hall–Kier alpha value is -3.27. The average molecular weight is 434 g/mol. The number of nitro groups is 1. The fourth-order valence-corrected chi connectivity index (χ4v) is 3.04. The Morgan fingerprint density at radius 1 is 1.26 bits per heavy atom. The number of anilines is 2. The van der Waals surface area contributed by atoms with Crippen LogP contribution in [0.1, 0.15) is 10.4 Å². The van der Waals surface area contributed by atoms with Crippen molar-refractivity contribution in [3.63, 3.8) is 0 Å². The zero-order chi connectivity index (χ0) is 19.7. The number of hydrogen-bond donors (Lipinski definition) is 1. The maximum atomic E-state index is 12.3. The number of ether oxygens (including phenoxy) is 1. The van der Waals surface area contributed by atoms with Crippen molar-refractivity contribution in [1.29, 1.82) is 0 Å². The van der Waals surface area contributed by atoms with Gasteiger partial charge >= 0.3 is 5.69 Å². The van der Waals surface area contributed by atoms with E-state index in [2.05, 4.69) is 21.2 Å². The molecule has 3 rings (SSSR count). The van der Waals surface area contributed by atoms with Crippen LogP contribution in [0.2, 0.25) is 0 Å². The molecule has 1 aliphatic heterocycles. The van der Waals surface area contributed by atoms with Crippen molar-refractivity contribution < 1.29 is 24.0 Å². The summed E-state index contributed by atoms with van der Waals surface area (Å²) >= 11 is 3.24. The van der Waals surface area contributed by atoms with E-state index in [9.17, 15) is 24.5 Å². The number of methoxy groups -OCH3 is 1. The van der Waals surface area contributed by atoms with Gasteiger partial charge in [0.2, 0.25) is 5.91 Å². The molecule has 0 saturated heterocycles. The number of rotatable bonds is 5. The lowest BCUT2D eigenvalue weighted by Crippen LogP contribution is -2.37. The molecule has 0 aromatic heterocycles. The van der Waals surface area contributed by atoms with Crippen LogP contribution in [0.5, 0.6) is 5.75 Å². The molecule has 1 heterocycles. The molecule has 1 aliphatic rings. The second-order valence-electron chi connectivity index (χ2n) is 5.57. The highest BCUT2D eigenvalue weighted by Crippen LogP contribution is 2.32. The minimum absolute atomic E-state index is 0.0135. The topological polar surface area (TPSA) is 119 Å². The molecule has 0 unspecified atom stereocenters. The second kappa shape index (κ2) is 7.16. The van der Waals surface area contributed by atoms with Crippen LogP contribution in [0, 0.1) is 10.1 Å². The fourth-order valence-electron chi connectivity index (χ4n) is 2.68. The molecule has 2 aromatic rings. The summed E-state index contributed by atoms with van der Waals surface area (Å²) in [4.78, 5) is 47.9. The molecule has 0 saturated carbocycles. The van der Waals surface area contributed by atoms with Gasteiger partial charge in [0.25, 0.3) is 11.7 Å². The standard InChI is InChI=1S/C17H12BrN3O6/c1-27-14-7-10(3-5-13(14)21(25)26)19-15(22)8-20-12-4-2-9(18)6-11(12)16(23)17(20)24/h2-7H,8H2,1H3,(H,19,22). The van der Waals surface area contributed by atoms with Crippen LogP contribution < -0.4 is 15.0 Å². The predicted octanol–water partition coefficient (Wildman–Crippen LogP) is 2.53. The molecule has 2 amide bonds. The highest BCUT2D eigenvalue weighted by atomic mass is 79.9. The minimum Gasteiger partial charge on any atom is -0.490 e. The Morgan fingerprint density at radius 2 is 2.00 bits per heavy atom. The molecular formula is C17H12BrN3O6. The molecule has 0 atom stereocenters. The van der Waals surface area contributed by atoms with Gasteiger partial charge in [0.1, 0.15) is 6.54 Å². The molecule has 10 heteroatoms. The van der Waals surface area contributed by atoms with Crippen LogP contribution in [0.4, 0.5) is 17.1 Å². The number of nitrogens with one attached hydrogen (secondary N) is 1. The van der Waals surface area contributed by atoms with E-state index >= 15 is 0 Å². The molecule has 27 heavy (non-hydrogen) atoms. The SMILES string of the molecule is COc1cc(NC(=O)CN2C(=O)C(=O)c3cc(Br)ccc32)ccc1[N+](=O)[O-]. The van der Waals surface area contributed by atoms with Crippen molar-refractivity contribution >= 4 is 50.6 Å². The van der Waals surface area contributed by atoms with Gasteiger partial charge in [0.15, 0.2) is 5.75 Å². The quantitative estimate of drug-likeness (QED) is 0.439. The smallest absolute Gasteiger partial charge is 0.311 e. The average Bonchev–Trinajstić information content (AvgIpc) is 2.85. The van der Waals surface area contributed by atoms with E-state index in [0.717, 1.165) is 4.90 Å². The summed E-state index contributed by atoms with van der Waals surface area (Å²) in [5, 5.41) is 13.4. The Balaban J connectivity index is 1.78. The highest BCUT2D eigenvalue weighted by molar-refractivity contribution is 9.10. The van der Waals surface area contributed by atoms with Crippen molar-refractivity contribution in [1.82, 2.24) is 0 Å². The molecular weight excluding hydrogens is 422 g/mol. The summed E-state index contributed by atoms with van der Waals surface area (Å²) in [5.74, 6) is -2.06. The monoisotopic (exact) mass is 433 g/mol. The van der Waals surface area contributed by atoms with Crippen LogP contribution in [0.25, 0.3) is 0 Å². The Labute approximate surface area is 161 Å². The number of fused-ring (bicyclic) bond motifs is 1. The first-order valence-electron chi connectivity index (χ1n) is 7.60. The van der Waals surface area contributed by atoms with Crippen LogP contribution in [-0.4, -0.2) is 36.2 Å². The van der Waals surface area contributed by atoms with Crippen molar-refractivity contribution in [2.24, 2.45) is 0 Å². The largest absolute Gasteiger partial charge is 0.490 e. The van der Waals surface area contributed by atoms with Crippen molar-refractivity contribution in [3.05, 3.63) is 56.5 Å². The van der Waals surface area contributed by atoms with Gasteiger partial charge in [-0.1, -0.05) is 15.9 Å². The maximum Gasteiger partial charge on any atom is 0.311 e. The molecule has 2 aromatic carbocycles. The van der Waals surface area contributed by atoms with Crippen LogP contribution in [-0.2, 0) is 9.59 Å². The molecule has 9 nitrogen and oxygen atoms in total. The molecule has 138 valence electrons. The van der Waals surface area contributed by atoms with Gasteiger partial charge in [0, 0.05) is 22.3 Å². The first-order chi connectivity index (χ1) is 12.8. The van der Waals surface area contributed by atoms with E-state index in [0.29, 0.717) is 10.2 Å². The number of hydrogen-bond acceptors (Lipinski definition) is 6. The number of nitro benzene ring substituents is 1. The Bertz CT molecular complexity index is 991. The van der Waals surface area contributed by atoms with Crippen molar-refractivity contribution in [3.8, 4) is 5.75 Å².